The second-order valence-corrected chi connectivity index (χ2v) is 5.67. The summed E-state index contributed by atoms with van der Waals surface area (Å²) >= 11 is 1.87. The third-order valence-corrected chi connectivity index (χ3v) is 3.37. The Morgan fingerprint density at radius 1 is 1.35 bits per heavy atom. The molecule has 0 heterocycles. The number of nitrogens with one attached hydrogen (secondary N) is 1. The Bertz CT molecular complexity index is 275. The Morgan fingerprint density at radius 3 is 2.70 bits per heavy atom. The van der Waals surface area contributed by atoms with Gasteiger partial charge in [0.1, 0.15) is 6.79 Å². The zero-order valence-corrected chi connectivity index (χ0v) is 13.0. The summed E-state index contributed by atoms with van der Waals surface area (Å²) in [6.07, 6.45) is 1.33. The monoisotopic (exact) mass is 307 g/mol. The number of carbonyl (C=O) groups excluding carboxylic acids is 1. The van der Waals surface area contributed by atoms with Crippen molar-refractivity contribution >= 4 is 23.6 Å². The topological polar surface area (TPSA) is 84.9 Å². The number of carbonyl (C=O) groups is 2. The average Bonchev–Trinajstić information content (AvgIpc) is 2.38. The molecule has 7 heteroatoms. The third-order valence-electron chi connectivity index (χ3n) is 2.38. The lowest BCUT2D eigenvalue weighted by Crippen LogP contribution is -2.37. The van der Waals surface area contributed by atoms with Gasteiger partial charge in [0.05, 0.1) is 19.3 Å². The standard InChI is InChI=1S/C13H25NO5S/c1-3-20-8-4-7-18-10-19-9-12(14-11(2)15)5-6-13(16)17/h12H,3-10H2,1-2H3,(H,14,15)(H,16,17). The molecule has 0 rings (SSSR count). The first-order valence-corrected chi connectivity index (χ1v) is 7.93. The lowest BCUT2D eigenvalue weighted by atomic mass is 10.1. The Morgan fingerprint density at radius 2 is 2.10 bits per heavy atom. The van der Waals surface area contributed by atoms with E-state index in [1.54, 1.807) is 0 Å². The Labute approximate surface area is 124 Å². The van der Waals surface area contributed by atoms with Crippen molar-refractivity contribution in [2.24, 2.45) is 0 Å². The maximum Gasteiger partial charge on any atom is 0.303 e. The normalized spacial score (nSPS) is 12.1. The highest BCUT2D eigenvalue weighted by Crippen LogP contribution is 2.01. The number of carboxylic acids is 1. The number of ether oxygens (including phenoxy) is 2. The lowest BCUT2D eigenvalue weighted by molar-refractivity contribution is -0.137. The van der Waals surface area contributed by atoms with Gasteiger partial charge in [-0.3, -0.25) is 9.59 Å². The van der Waals surface area contributed by atoms with E-state index in [0.717, 1.165) is 17.9 Å². The molecule has 1 amide bonds. The molecular weight excluding hydrogens is 282 g/mol. The predicted octanol–water partition coefficient (Wildman–Crippen LogP) is 1.49. The molecule has 0 fully saturated rings. The predicted molar refractivity (Wildman–Crippen MR) is 78.9 cm³/mol. The maximum atomic E-state index is 11.0. The Kier molecular flexibility index (Phi) is 12.7. The van der Waals surface area contributed by atoms with E-state index in [2.05, 4.69) is 12.2 Å². The minimum atomic E-state index is -0.884. The number of aliphatic carboxylic acids is 1. The van der Waals surface area contributed by atoms with Crippen LogP contribution in [0.2, 0.25) is 0 Å². The lowest BCUT2D eigenvalue weighted by Gasteiger charge is -2.17. The van der Waals surface area contributed by atoms with Crippen LogP contribution in [-0.2, 0) is 19.1 Å². The Hall–Kier alpha value is -0.790. The molecule has 6 nitrogen and oxygen atoms in total. The summed E-state index contributed by atoms with van der Waals surface area (Å²) in [5, 5.41) is 11.3. The summed E-state index contributed by atoms with van der Waals surface area (Å²) < 4.78 is 10.6. The van der Waals surface area contributed by atoms with Crippen molar-refractivity contribution in [1.82, 2.24) is 5.32 Å². The minimum absolute atomic E-state index is 0.00338. The van der Waals surface area contributed by atoms with E-state index in [0.29, 0.717) is 13.0 Å². The number of amides is 1. The number of thioether (sulfide) groups is 1. The van der Waals surface area contributed by atoms with Crippen LogP contribution >= 0.6 is 11.8 Å². The summed E-state index contributed by atoms with van der Waals surface area (Å²) in [6.45, 7) is 4.59. The molecule has 0 aliphatic carbocycles. The van der Waals surface area contributed by atoms with E-state index in [1.165, 1.54) is 6.92 Å². The van der Waals surface area contributed by atoms with Crippen molar-refractivity contribution in [2.75, 3.05) is 31.5 Å². The van der Waals surface area contributed by atoms with Gasteiger partial charge in [-0.15, -0.1) is 0 Å². The van der Waals surface area contributed by atoms with Crippen LogP contribution in [0.1, 0.15) is 33.1 Å². The summed E-state index contributed by atoms with van der Waals surface area (Å²) in [4.78, 5) is 21.5. The first-order valence-electron chi connectivity index (χ1n) is 6.78. The summed E-state index contributed by atoms with van der Waals surface area (Å²) in [5.74, 6) is 1.11. The van der Waals surface area contributed by atoms with Gasteiger partial charge in [-0.2, -0.15) is 11.8 Å². The fourth-order valence-corrected chi connectivity index (χ4v) is 2.11. The van der Waals surface area contributed by atoms with Crippen molar-refractivity contribution in [3.63, 3.8) is 0 Å². The van der Waals surface area contributed by atoms with Crippen LogP contribution in [0.3, 0.4) is 0 Å². The van der Waals surface area contributed by atoms with Crippen LogP contribution in [0.15, 0.2) is 0 Å². The zero-order chi connectivity index (χ0) is 15.2. The molecule has 0 saturated heterocycles. The number of carboxylic acid groups (broad SMARTS) is 1. The van der Waals surface area contributed by atoms with Crippen molar-refractivity contribution in [2.45, 2.75) is 39.2 Å². The quantitative estimate of drug-likeness (QED) is 0.396. The second-order valence-electron chi connectivity index (χ2n) is 4.28. The smallest absolute Gasteiger partial charge is 0.303 e. The highest BCUT2D eigenvalue weighted by atomic mass is 32.2. The molecule has 0 radical (unpaired) electrons. The van der Waals surface area contributed by atoms with Crippen LogP contribution in [0.25, 0.3) is 0 Å². The van der Waals surface area contributed by atoms with Gasteiger partial charge in [-0.25, -0.2) is 0 Å². The fraction of sp³-hybridized carbons (Fsp3) is 0.846. The molecule has 0 spiro atoms. The van der Waals surface area contributed by atoms with Gasteiger partial charge >= 0.3 is 5.97 Å². The molecular formula is C13H25NO5S. The van der Waals surface area contributed by atoms with E-state index < -0.39 is 5.97 Å². The molecule has 20 heavy (non-hydrogen) atoms. The number of hydrogen-bond acceptors (Lipinski definition) is 5. The Balaban J connectivity index is 3.62. The molecule has 0 aromatic rings. The molecule has 0 aromatic heterocycles. The van der Waals surface area contributed by atoms with Gasteiger partial charge in [0, 0.05) is 13.3 Å². The van der Waals surface area contributed by atoms with E-state index >= 15 is 0 Å². The molecule has 1 atom stereocenters. The van der Waals surface area contributed by atoms with Gasteiger partial charge in [-0.1, -0.05) is 6.92 Å². The number of hydrogen-bond donors (Lipinski definition) is 2. The van der Waals surface area contributed by atoms with Gasteiger partial charge in [-0.05, 0) is 24.3 Å². The van der Waals surface area contributed by atoms with Gasteiger partial charge < -0.3 is 19.9 Å². The largest absolute Gasteiger partial charge is 0.481 e. The number of rotatable bonds is 13. The highest BCUT2D eigenvalue weighted by molar-refractivity contribution is 7.99. The van der Waals surface area contributed by atoms with Crippen LogP contribution in [-0.4, -0.2) is 54.5 Å². The molecule has 1 unspecified atom stereocenters. The van der Waals surface area contributed by atoms with Crippen LogP contribution < -0.4 is 5.32 Å². The zero-order valence-electron chi connectivity index (χ0n) is 12.2. The molecule has 0 bridgehead atoms. The molecule has 0 aromatic carbocycles. The van der Waals surface area contributed by atoms with Crippen molar-refractivity contribution in [3.8, 4) is 0 Å². The summed E-state index contributed by atoms with van der Waals surface area (Å²) in [7, 11) is 0. The second kappa shape index (κ2) is 13.2. The van der Waals surface area contributed by atoms with Crippen molar-refractivity contribution in [3.05, 3.63) is 0 Å². The summed E-state index contributed by atoms with van der Waals surface area (Å²) in [5.41, 5.74) is 0. The van der Waals surface area contributed by atoms with Crippen LogP contribution in [0.5, 0.6) is 0 Å². The minimum Gasteiger partial charge on any atom is -0.481 e. The first-order chi connectivity index (χ1) is 9.56. The molecule has 2 N–H and O–H groups in total. The van der Waals surface area contributed by atoms with Crippen molar-refractivity contribution < 1.29 is 24.2 Å². The molecule has 118 valence electrons. The highest BCUT2D eigenvalue weighted by Gasteiger charge is 2.12. The van der Waals surface area contributed by atoms with E-state index in [1.807, 2.05) is 11.8 Å². The van der Waals surface area contributed by atoms with E-state index in [4.69, 9.17) is 14.6 Å². The van der Waals surface area contributed by atoms with Crippen molar-refractivity contribution in [1.29, 1.82) is 0 Å². The van der Waals surface area contributed by atoms with Crippen LogP contribution in [0, 0.1) is 0 Å². The SMILES string of the molecule is CCSCCCOCOCC(CCC(=O)O)NC(C)=O. The van der Waals surface area contributed by atoms with Gasteiger partial charge in [0.15, 0.2) is 0 Å². The first kappa shape index (κ1) is 19.2. The average molecular weight is 307 g/mol. The maximum absolute atomic E-state index is 11.0. The third kappa shape index (κ3) is 13.6. The molecule has 0 aliphatic rings. The summed E-state index contributed by atoms with van der Waals surface area (Å²) in [6, 6.07) is -0.289. The van der Waals surface area contributed by atoms with Gasteiger partial charge in [0.2, 0.25) is 5.91 Å². The van der Waals surface area contributed by atoms with Crippen LogP contribution in [0.4, 0.5) is 0 Å². The molecule has 0 aliphatic heterocycles. The van der Waals surface area contributed by atoms with E-state index in [9.17, 15) is 9.59 Å². The van der Waals surface area contributed by atoms with E-state index in [-0.39, 0.29) is 31.8 Å². The fourth-order valence-electron chi connectivity index (χ4n) is 1.50. The van der Waals surface area contributed by atoms with Gasteiger partial charge in [0.25, 0.3) is 0 Å². The molecule has 0 saturated carbocycles.